The standard InChI is InChI=1S/C10H11ClO4.C10H10O4/c1-15-8-3-2-6(7(12)4-5-11)9(13)10(8)14;1-13-8-3-2-6-7(11)4-5-14-10(6)9(8)12/h2-3,13-14H,4-5H2,1H3;2-3,12H,4-5H2,1H3. The molecule has 0 spiro atoms. The Kier molecular flexibility index (Phi) is 7.55. The lowest BCUT2D eigenvalue weighted by molar-refractivity contribution is 0.0928. The molecular formula is C20H21ClO8. The van der Waals surface area contributed by atoms with Gasteiger partial charge < -0.3 is 29.5 Å². The zero-order valence-corrected chi connectivity index (χ0v) is 16.7. The lowest BCUT2D eigenvalue weighted by Crippen LogP contribution is -2.15. The third kappa shape index (κ3) is 4.83. The Morgan fingerprint density at radius 1 is 1.03 bits per heavy atom. The van der Waals surface area contributed by atoms with Crippen molar-refractivity contribution in [3.8, 4) is 34.5 Å². The highest BCUT2D eigenvalue weighted by Gasteiger charge is 2.23. The van der Waals surface area contributed by atoms with E-state index in [-0.39, 0.29) is 46.7 Å². The van der Waals surface area contributed by atoms with Crippen LogP contribution in [0, 0.1) is 0 Å². The van der Waals surface area contributed by atoms with Crippen LogP contribution < -0.4 is 14.2 Å². The normalized spacial score (nSPS) is 12.2. The first-order valence-electron chi connectivity index (χ1n) is 8.59. The van der Waals surface area contributed by atoms with Crippen LogP contribution >= 0.6 is 11.6 Å². The number of rotatable bonds is 5. The summed E-state index contributed by atoms with van der Waals surface area (Å²) in [5, 5.41) is 28.6. The van der Waals surface area contributed by atoms with Gasteiger partial charge in [0, 0.05) is 18.7 Å². The molecule has 0 unspecified atom stereocenters. The number of benzene rings is 2. The summed E-state index contributed by atoms with van der Waals surface area (Å²) >= 11 is 5.41. The van der Waals surface area contributed by atoms with E-state index in [1.165, 1.54) is 26.4 Å². The molecule has 156 valence electrons. The molecule has 2 aromatic rings. The fraction of sp³-hybridized carbons (Fsp3) is 0.300. The van der Waals surface area contributed by atoms with Crippen LogP contribution in [0.4, 0.5) is 0 Å². The molecule has 0 radical (unpaired) electrons. The molecule has 0 bridgehead atoms. The fourth-order valence-electron chi connectivity index (χ4n) is 2.64. The van der Waals surface area contributed by atoms with Crippen molar-refractivity contribution in [2.45, 2.75) is 12.8 Å². The Hall–Kier alpha value is -3.13. The van der Waals surface area contributed by atoms with Crippen molar-refractivity contribution in [1.29, 1.82) is 0 Å². The van der Waals surface area contributed by atoms with Gasteiger partial charge in [0.05, 0.1) is 32.0 Å². The van der Waals surface area contributed by atoms with Crippen LogP contribution in [0.2, 0.25) is 0 Å². The second kappa shape index (κ2) is 9.88. The van der Waals surface area contributed by atoms with Crippen molar-refractivity contribution in [1.82, 2.24) is 0 Å². The molecule has 0 aromatic heterocycles. The molecule has 0 saturated heterocycles. The highest BCUT2D eigenvalue weighted by molar-refractivity contribution is 6.19. The Morgan fingerprint density at radius 2 is 1.66 bits per heavy atom. The van der Waals surface area contributed by atoms with Crippen LogP contribution in [-0.4, -0.2) is 53.6 Å². The SMILES string of the molecule is COc1ccc(C(=O)CCCl)c(O)c1O.COc1ccc2c(c1O)OCCC2=O. The molecule has 9 heteroatoms. The van der Waals surface area contributed by atoms with Crippen LogP contribution in [0.25, 0.3) is 0 Å². The molecule has 1 aliphatic rings. The van der Waals surface area contributed by atoms with Crippen molar-refractivity contribution in [2.24, 2.45) is 0 Å². The highest BCUT2D eigenvalue weighted by Crippen LogP contribution is 2.41. The minimum absolute atomic E-state index is 0.01000. The number of carbonyl (C=O) groups excluding carboxylic acids is 2. The fourth-order valence-corrected chi connectivity index (χ4v) is 2.81. The number of alkyl halides is 1. The lowest BCUT2D eigenvalue weighted by Gasteiger charge is -2.18. The van der Waals surface area contributed by atoms with Gasteiger partial charge in [0.25, 0.3) is 0 Å². The maximum atomic E-state index is 11.4. The topological polar surface area (TPSA) is 123 Å². The van der Waals surface area contributed by atoms with Crippen molar-refractivity contribution in [3.63, 3.8) is 0 Å². The van der Waals surface area contributed by atoms with Gasteiger partial charge >= 0.3 is 0 Å². The van der Waals surface area contributed by atoms with Crippen molar-refractivity contribution < 1.29 is 39.1 Å². The number of halogens is 1. The second-order valence-electron chi connectivity index (χ2n) is 5.89. The predicted molar refractivity (Wildman–Crippen MR) is 105 cm³/mol. The van der Waals surface area contributed by atoms with E-state index < -0.39 is 11.5 Å². The number of Topliss-reactive ketones (excluding diaryl/α,β-unsaturated/α-hetero) is 2. The molecule has 0 atom stereocenters. The zero-order valence-electron chi connectivity index (χ0n) is 15.9. The van der Waals surface area contributed by atoms with E-state index in [4.69, 9.17) is 25.8 Å². The van der Waals surface area contributed by atoms with E-state index in [2.05, 4.69) is 0 Å². The highest BCUT2D eigenvalue weighted by atomic mass is 35.5. The molecule has 8 nitrogen and oxygen atoms in total. The van der Waals surface area contributed by atoms with E-state index in [1.807, 2.05) is 0 Å². The molecule has 0 fully saturated rings. The van der Waals surface area contributed by atoms with Gasteiger partial charge in [-0.3, -0.25) is 9.59 Å². The van der Waals surface area contributed by atoms with Gasteiger partial charge in [0.2, 0.25) is 11.5 Å². The second-order valence-corrected chi connectivity index (χ2v) is 6.27. The van der Waals surface area contributed by atoms with E-state index in [9.17, 15) is 24.9 Å². The van der Waals surface area contributed by atoms with Gasteiger partial charge in [0.15, 0.2) is 34.6 Å². The molecule has 3 rings (SSSR count). The zero-order chi connectivity index (χ0) is 21.6. The summed E-state index contributed by atoms with van der Waals surface area (Å²) in [7, 11) is 2.81. The monoisotopic (exact) mass is 424 g/mol. The molecule has 29 heavy (non-hydrogen) atoms. The van der Waals surface area contributed by atoms with Gasteiger partial charge in [-0.2, -0.15) is 0 Å². The summed E-state index contributed by atoms with van der Waals surface area (Å²) in [4.78, 5) is 22.8. The Morgan fingerprint density at radius 3 is 2.28 bits per heavy atom. The van der Waals surface area contributed by atoms with Crippen molar-refractivity contribution in [3.05, 3.63) is 35.4 Å². The molecule has 0 aliphatic carbocycles. The van der Waals surface area contributed by atoms with E-state index >= 15 is 0 Å². The molecule has 1 heterocycles. The Bertz CT molecular complexity index is 910. The average Bonchev–Trinajstić information content (AvgIpc) is 2.71. The van der Waals surface area contributed by atoms with Crippen LogP contribution in [0.1, 0.15) is 33.6 Å². The largest absolute Gasteiger partial charge is 0.504 e. The smallest absolute Gasteiger partial charge is 0.201 e. The van der Waals surface area contributed by atoms with Gasteiger partial charge in [0.1, 0.15) is 0 Å². The Labute approximate surface area is 172 Å². The van der Waals surface area contributed by atoms with Crippen LogP contribution in [0.15, 0.2) is 24.3 Å². The number of phenols is 3. The molecule has 2 aromatic carbocycles. The molecule has 0 amide bonds. The van der Waals surface area contributed by atoms with Crippen molar-refractivity contribution in [2.75, 3.05) is 26.7 Å². The lowest BCUT2D eigenvalue weighted by atomic mass is 10.0. The molecular weight excluding hydrogens is 404 g/mol. The maximum Gasteiger partial charge on any atom is 0.201 e. The van der Waals surface area contributed by atoms with E-state index in [0.29, 0.717) is 24.3 Å². The number of aromatic hydroxyl groups is 3. The summed E-state index contributed by atoms with van der Waals surface area (Å²) in [6.07, 6.45) is 0.472. The molecule has 0 saturated carbocycles. The minimum Gasteiger partial charge on any atom is -0.504 e. The number of ketones is 2. The van der Waals surface area contributed by atoms with E-state index in [0.717, 1.165) is 0 Å². The summed E-state index contributed by atoms with van der Waals surface area (Å²) in [6, 6.07) is 5.97. The summed E-state index contributed by atoms with van der Waals surface area (Å²) in [5.41, 5.74) is 0.475. The first-order valence-corrected chi connectivity index (χ1v) is 9.13. The van der Waals surface area contributed by atoms with Crippen LogP contribution in [-0.2, 0) is 0 Å². The summed E-state index contributed by atoms with van der Waals surface area (Å²) in [5.74, 6) is -0.482. The maximum absolute atomic E-state index is 11.4. The van der Waals surface area contributed by atoms with Crippen LogP contribution in [0.3, 0.4) is 0 Å². The number of hydrogen-bond acceptors (Lipinski definition) is 8. The van der Waals surface area contributed by atoms with Crippen LogP contribution in [0.5, 0.6) is 34.5 Å². The number of hydrogen-bond donors (Lipinski definition) is 3. The third-order valence-corrected chi connectivity index (χ3v) is 4.34. The number of methoxy groups -OCH3 is 2. The first-order chi connectivity index (χ1) is 13.8. The number of ether oxygens (including phenoxy) is 3. The number of phenolic OH excluding ortho intramolecular Hbond substituents is 3. The number of fused-ring (bicyclic) bond motifs is 1. The van der Waals surface area contributed by atoms with Crippen molar-refractivity contribution >= 4 is 23.2 Å². The quantitative estimate of drug-likeness (QED) is 0.379. The Balaban J connectivity index is 0.000000207. The predicted octanol–water partition coefficient (Wildman–Crippen LogP) is 3.28. The minimum atomic E-state index is -0.468. The van der Waals surface area contributed by atoms with Gasteiger partial charge in [-0.15, -0.1) is 11.6 Å². The number of carbonyl (C=O) groups is 2. The third-order valence-electron chi connectivity index (χ3n) is 4.15. The summed E-state index contributed by atoms with van der Waals surface area (Å²) < 4.78 is 14.9. The van der Waals surface area contributed by atoms with E-state index in [1.54, 1.807) is 12.1 Å². The molecule has 1 aliphatic heterocycles. The first kappa shape index (κ1) is 22.2. The summed E-state index contributed by atoms with van der Waals surface area (Å²) in [6.45, 7) is 0.312. The van der Waals surface area contributed by atoms with Gasteiger partial charge in [-0.25, -0.2) is 0 Å². The van der Waals surface area contributed by atoms with Gasteiger partial charge in [-0.1, -0.05) is 0 Å². The van der Waals surface area contributed by atoms with Gasteiger partial charge in [-0.05, 0) is 24.3 Å². The molecule has 3 N–H and O–H groups in total. The average molecular weight is 425 g/mol.